The molecule has 0 spiro atoms. The summed E-state index contributed by atoms with van der Waals surface area (Å²) >= 11 is 0. The van der Waals surface area contributed by atoms with Gasteiger partial charge in [0.2, 0.25) is 11.9 Å². The molecule has 0 saturated heterocycles. The number of carboxylic acid groups (broad SMARTS) is 2. The van der Waals surface area contributed by atoms with E-state index in [1.54, 1.807) is 6.07 Å². The average molecular weight is 402 g/mol. The van der Waals surface area contributed by atoms with Crippen LogP contribution in [0.3, 0.4) is 0 Å². The number of fused-ring (bicyclic) bond motifs is 1. The predicted octanol–water partition coefficient (Wildman–Crippen LogP) is 2.47. The molecule has 9 heteroatoms. The van der Waals surface area contributed by atoms with Gasteiger partial charge in [-0.2, -0.15) is 0 Å². The van der Waals surface area contributed by atoms with Crippen LogP contribution in [0, 0.1) is 0 Å². The lowest BCUT2D eigenvalue weighted by molar-refractivity contribution is -0.151. The molecule has 29 heavy (non-hydrogen) atoms. The summed E-state index contributed by atoms with van der Waals surface area (Å²) in [5.74, 6) is -1.98. The first-order chi connectivity index (χ1) is 13.8. The van der Waals surface area contributed by atoms with Crippen molar-refractivity contribution in [2.24, 2.45) is 0 Å². The van der Waals surface area contributed by atoms with Crippen LogP contribution in [0.4, 0.5) is 0 Å². The van der Waals surface area contributed by atoms with Crippen molar-refractivity contribution in [2.75, 3.05) is 14.2 Å². The Morgan fingerprint density at radius 3 is 2.21 bits per heavy atom. The van der Waals surface area contributed by atoms with Crippen LogP contribution in [0.5, 0.6) is 28.7 Å². The molecule has 0 aromatic heterocycles. The fourth-order valence-electron chi connectivity index (χ4n) is 2.88. The highest BCUT2D eigenvalue weighted by Gasteiger charge is 2.39. The van der Waals surface area contributed by atoms with Gasteiger partial charge in [0.25, 0.3) is 0 Å². The molecule has 0 bridgehead atoms. The molecular weight excluding hydrogens is 384 g/mol. The van der Waals surface area contributed by atoms with Crippen LogP contribution in [-0.2, 0) is 9.59 Å². The number of benzene rings is 2. The van der Waals surface area contributed by atoms with E-state index in [-0.39, 0.29) is 28.7 Å². The zero-order valence-corrected chi connectivity index (χ0v) is 15.5. The molecular formula is C20H18O9. The standard InChI is InChI=1S/C20H18O9/c1-26-14-8-11(9-15(27-2)17(14)23)18-19(20(24)25)28-12-5-3-10(4-6-16(21)22)7-13(12)29-18/h3-9,18-19,23H,1-2H3,(H,21,22)(H,24,25)/b6-4+. The number of phenolic OH excluding ortho intramolecular Hbond substituents is 1. The second kappa shape index (κ2) is 8.01. The Morgan fingerprint density at radius 1 is 1.00 bits per heavy atom. The monoisotopic (exact) mass is 402 g/mol. The van der Waals surface area contributed by atoms with E-state index in [1.807, 2.05) is 0 Å². The molecule has 3 N–H and O–H groups in total. The van der Waals surface area contributed by atoms with E-state index in [2.05, 4.69) is 0 Å². The minimum Gasteiger partial charge on any atom is -0.502 e. The third-order valence-electron chi connectivity index (χ3n) is 4.24. The van der Waals surface area contributed by atoms with Gasteiger partial charge in [-0.05, 0) is 35.9 Å². The Morgan fingerprint density at radius 2 is 1.66 bits per heavy atom. The number of ether oxygens (including phenoxy) is 4. The van der Waals surface area contributed by atoms with Crippen LogP contribution in [0.2, 0.25) is 0 Å². The van der Waals surface area contributed by atoms with Crippen molar-refractivity contribution < 1.29 is 43.9 Å². The third kappa shape index (κ3) is 4.03. The SMILES string of the molecule is COc1cc(C2Oc3cc(/C=C/C(=O)O)ccc3OC2C(=O)O)cc(OC)c1O. The summed E-state index contributed by atoms with van der Waals surface area (Å²) in [5, 5.41) is 28.5. The van der Waals surface area contributed by atoms with Crippen molar-refractivity contribution in [1.82, 2.24) is 0 Å². The molecule has 0 amide bonds. The molecule has 2 aromatic rings. The fraction of sp³-hybridized carbons (Fsp3) is 0.200. The third-order valence-corrected chi connectivity index (χ3v) is 4.24. The van der Waals surface area contributed by atoms with E-state index in [0.29, 0.717) is 11.1 Å². The molecule has 0 saturated carbocycles. The summed E-state index contributed by atoms with van der Waals surface area (Å²) in [4.78, 5) is 22.5. The van der Waals surface area contributed by atoms with Crippen molar-refractivity contribution in [3.05, 3.63) is 47.5 Å². The maximum Gasteiger partial charge on any atom is 0.349 e. The summed E-state index contributed by atoms with van der Waals surface area (Å²) in [6.45, 7) is 0. The summed E-state index contributed by atoms with van der Waals surface area (Å²) < 4.78 is 21.7. The Bertz CT molecular complexity index is 955. The van der Waals surface area contributed by atoms with Crippen molar-refractivity contribution in [1.29, 1.82) is 0 Å². The summed E-state index contributed by atoms with van der Waals surface area (Å²) in [5.41, 5.74) is 0.879. The average Bonchev–Trinajstić information content (AvgIpc) is 2.71. The van der Waals surface area contributed by atoms with Crippen LogP contribution in [-0.4, -0.2) is 47.6 Å². The van der Waals surface area contributed by atoms with E-state index in [1.165, 1.54) is 44.6 Å². The highest BCUT2D eigenvalue weighted by atomic mass is 16.6. The lowest BCUT2D eigenvalue weighted by Gasteiger charge is -2.32. The Hall–Kier alpha value is -3.88. The Balaban J connectivity index is 2.04. The Kier molecular flexibility index (Phi) is 5.49. The minimum absolute atomic E-state index is 0.0797. The first kappa shape index (κ1) is 19.9. The van der Waals surface area contributed by atoms with E-state index >= 15 is 0 Å². The number of aromatic hydroxyl groups is 1. The van der Waals surface area contributed by atoms with E-state index in [0.717, 1.165) is 6.08 Å². The quantitative estimate of drug-likeness (QED) is 0.623. The molecule has 3 rings (SSSR count). The molecule has 152 valence electrons. The number of hydrogen-bond donors (Lipinski definition) is 3. The number of aliphatic carboxylic acids is 2. The van der Waals surface area contributed by atoms with E-state index in [4.69, 9.17) is 24.1 Å². The second-order valence-corrected chi connectivity index (χ2v) is 6.07. The fourth-order valence-corrected chi connectivity index (χ4v) is 2.88. The highest BCUT2D eigenvalue weighted by molar-refractivity contribution is 5.85. The smallest absolute Gasteiger partial charge is 0.349 e. The van der Waals surface area contributed by atoms with Crippen LogP contribution >= 0.6 is 0 Å². The summed E-state index contributed by atoms with van der Waals surface area (Å²) in [7, 11) is 2.70. The molecule has 2 atom stereocenters. The minimum atomic E-state index is -1.37. The van der Waals surface area contributed by atoms with Crippen LogP contribution in [0.1, 0.15) is 17.2 Å². The van der Waals surface area contributed by atoms with Crippen molar-refractivity contribution >= 4 is 18.0 Å². The van der Waals surface area contributed by atoms with Crippen LogP contribution in [0.25, 0.3) is 6.08 Å². The number of carboxylic acids is 2. The van der Waals surface area contributed by atoms with Crippen LogP contribution in [0.15, 0.2) is 36.4 Å². The van der Waals surface area contributed by atoms with Gasteiger partial charge < -0.3 is 34.3 Å². The van der Waals surface area contributed by atoms with Gasteiger partial charge in [-0.25, -0.2) is 9.59 Å². The largest absolute Gasteiger partial charge is 0.502 e. The Labute approximate surface area is 165 Å². The number of hydrogen-bond acceptors (Lipinski definition) is 7. The van der Waals surface area contributed by atoms with Gasteiger partial charge in [0.1, 0.15) is 0 Å². The van der Waals surface area contributed by atoms with Gasteiger partial charge in [-0.3, -0.25) is 0 Å². The molecule has 1 heterocycles. The molecule has 2 aromatic carbocycles. The number of phenols is 1. The predicted molar refractivity (Wildman–Crippen MR) is 99.7 cm³/mol. The van der Waals surface area contributed by atoms with Gasteiger partial charge in [0.05, 0.1) is 14.2 Å². The molecule has 9 nitrogen and oxygen atoms in total. The van der Waals surface area contributed by atoms with E-state index < -0.39 is 24.1 Å². The first-order valence-corrected chi connectivity index (χ1v) is 8.40. The molecule has 1 aliphatic heterocycles. The molecule has 1 aliphatic rings. The van der Waals surface area contributed by atoms with Gasteiger partial charge >= 0.3 is 11.9 Å². The van der Waals surface area contributed by atoms with Crippen LogP contribution < -0.4 is 18.9 Å². The zero-order chi connectivity index (χ0) is 21.1. The van der Waals surface area contributed by atoms with Gasteiger partial charge in [-0.1, -0.05) is 6.07 Å². The zero-order valence-electron chi connectivity index (χ0n) is 15.5. The first-order valence-electron chi connectivity index (χ1n) is 8.40. The summed E-state index contributed by atoms with van der Waals surface area (Å²) in [6, 6.07) is 7.48. The number of rotatable bonds is 6. The maximum atomic E-state index is 11.8. The molecule has 2 unspecified atom stereocenters. The van der Waals surface area contributed by atoms with Gasteiger partial charge in [0.15, 0.2) is 29.1 Å². The van der Waals surface area contributed by atoms with E-state index in [9.17, 15) is 19.8 Å². The topological polar surface area (TPSA) is 132 Å². The number of methoxy groups -OCH3 is 2. The van der Waals surface area contributed by atoms with Crippen molar-refractivity contribution in [3.8, 4) is 28.7 Å². The van der Waals surface area contributed by atoms with Gasteiger partial charge in [0, 0.05) is 11.6 Å². The maximum absolute atomic E-state index is 11.8. The number of carbonyl (C=O) groups is 2. The molecule has 0 radical (unpaired) electrons. The lowest BCUT2D eigenvalue weighted by atomic mass is 10.0. The summed E-state index contributed by atoms with van der Waals surface area (Å²) in [6.07, 6.45) is -0.112. The molecule has 0 fully saturated rings. The van der Waals surface area contributed by atoms with Crippen molar-refractivity contribution in [3.63, 3.8) is 0 Å². The molecule has 0 aliphatic carbocycles. The second-order valence-electron chi connectivity index (χ2n) is 6.07. The van der Waals surface area contributed by atoms with Crippen molar-refractivity contribution in [2.45, 2.75) is 12.2 Å². The van der Waals surface area contributed by atoms with Gasteiger partial charge in [-0.15, -0.1) is 0 Å². The highest BCUT2D eigenvalue weighted by Crippen LogP contribution is 2.44. The normalized spacial score (nSPS) is 17.7. The lowest BCUT2D eigenvalue weighted by Crippen LogP contribution is -2.39.